The fourth-order valence-corrected chi connectivity index (χ4v) is 1.84. The fourth-order valence-electron chi connectivity index (χ4n) is 1.03. The van der Waals surface area contributed by atoms with E-state index < -0.39 is 30.5 Å². The summed E-state index contributed by atoms with van der Waals surface area (Å²) in [5, 5.41) is 12.9. The minimum absolute atomic E-state index is 0.208. The number of carboxylic acid groups (broad SMARTS) is 1. The highest BCUT2D eigenvalue weighted by molar-refractivity contribution is 7.14. The van der Waals surface area contributed by atoms with E-state index in [9.17, 15) is 14.4 Å². The summed E-state index contributed by atoms with van der Waals surface area (Å²) < 4.78 is 4.79. The average molecular weight is 272 g/mol. The van der Waals surface area contributed by atoms with Gasteiger partial charge in [0.1, 0.15) is 11.6 Å². The second kappa shape index (κ2) is 6.12. The molecule has 18 heavy (non-hydrogen) atoms. The Labute approximate surface area is 107 Å². The molecule has 0 spiro atoms. The Balaban J connectivity index is 2.52. The first kappa shape index (κ1) is 14.1. The van der Waals surface area contributed by atoms with E-state index in [-0.39, 0.29) is 5.56 Å². The van der Waals surface area contributed by atoms with Crippen molar-refractivity contribution in [2.45, 2.75) is 13.0 Å². The van der Waals surface area contributed by atoms with Gasteiger partial charge < -0.3 is 20.9 Å². The van der Waals surface area contributed by atoms with Crippen LogP contribution in [0.25, 0.3) is 0 Å². The van der Waals surface area contributed by atoms with Gasteiger partial charge in [0, 0.05) is 0 Å². The Bertz CT molecular complexity index is 471. The number of ether oxygens (including phenoxy) is 1. The van der Waals surface area contributed by atoms with Crippen molar-refractivity contribution in [2.75, 3.05) is 11.9 Å². The van der Waals surface area contributed by atoms with Gasteiger partial charge in [-0.3, -0.25) is 9.59 Å². The molecular weight excluding hydrogens is 260 g/mol. The Morgan fingerprint density at radius 2 is 2.22 bits per heavy atom. The molecule has 0 saturated carbocycles. The van der Waals surface area contributed by atoms with Crippen LogP contribution < -0.4 is 11.1 Å². The monoisotopic (exact) mass is 272 g/mol. The van der Waals surface area contributed by atoms with E-state index in [0.717, 1.165) is 11.3 Å². The number of thiophene rings is 1. The van der Waals surface area contributed by atoms with Crippen molar-refractivity contribution in [2.24, 2.45) is 5.73 Å². The van der Waals surface area contributed by atoms with Crippen LogP contribution in [-0.4, -0.2) is 35.6 Å². The number of hydrogen-bond acceptors (Lipinski definition) is 5. The first-order valence-electron chi connectivity index (χ1n) is 4.93. The number of amides is 2. The minimum Gasteiger partial charge on any atom is -0.479 e. The van der Waals surface area contributed by atoms with Crippen molar-refractivity contribution in [1.82, 2.24) is 0 Å². The van der Waals surface area contributed by atoms with Crippen molar-refractivity contribution >= 4 is 34.1 Å². The second-order valence-corrected chi connectivity index (χ2v) is 4.28. The lowest BCUT2D eigenvalue weighted by molar-refractivity contribution is -0.150. The van der Waals surface area contributed by atoms with Gasteiger partial charge in [-0.1, -0.05) is 0 Å². The number of carbonyl (C=O) groups is 3. The molecule has 1 aromatic rings. The summed E-state index contributed by atoms with van der Waals surface area (Å²) in [6, 6.07) is 1.49. The zero-order valence-corrected chi connectivity index (χ0v) is 10.3. The lowest BCUT2D eigenvalue weighted by Crippen LogP contribution is -2.26. The highest BCUT2D eigenvalue weighted by atomic mass is 32.1. The predicted molar refractivity (Wildman–Crippen MR) is 64.5 cm³/mol. The summed E-state index contributed by atoms with van der Waals surface area (Å²) in [5.74, 6) is -2.35. The number of rotatable bonds is 6. The quantitative estimate of drug-likeness (QED) is 0.687. The molecule has 7 nitrogen and oxygen atoms in total. The van der Waals surface area contributed by atoms with Crippen LogP contribution in [0.4, 0.5) is 5.00 Å². The van der Waals surface area contributed by atoms with Crippen molar-refractivity contribution < 1.29 is 24.2 Å². The van der Waals surface area contributed by atoms with Gasteiger partial charge in [-0.2, -0.15) is 0 Å². The largest absolute Gasteiger partial charge is 0.479 e. The van der Waals surface area contributed by atoms with E-state index in [1.165, 1.54) is 13.0 Å². The molecule has 0 unspecified atom stereocenters. The molecule has 1 heterocycles. The summed E-state index contributed by atoms with van der Waals surface area (Å²) >= 11 is 1.14. The number of nitrogens with one attached hydrogen (secondary N) is 1. The molecule has 4 N–H and O–H groups in total. The maximum Gasteiger partial charge on any atom is 0.332 e. The van der Waals surface area contributed by atoms with Gasteiger partial charge in [-0.25, -0.2) is 4.79 Å². The topological polar surface area (TPSA) is 119 Å². The summed E-state index contributed by atoms with van der Waals surface area (Å²) in [6.45, 7) is 0.902. The zero-order valence-electron chi connectivity index (χ0n) is 9.50. The highest BCUT2D eigenvalue weighted by Gasteiger charge is 2.15. The van der Waals surface area contributed by atoms with Gasteiger partial charge in [0.25, 0.3) is 11.8 Å². The molecule has 1 aromatic heterocycles. The van der Waals surface area contributed by atoms with Gasteiger partial charge >= 0.3 is 5.97 Å². The molecule has 2 amide bonds. The van der Waals surface area contributed by atoms with Gasteiger partial charge in [-0.15, -0.1) is 11.3 Å². The van der Waals surface area contributed by atoms with Gasteiger partial charge in [0.2, 0.25) is 0 Å². The lowest BCUT2D eigenvalue weighted by Gasteiger charge is -2.08. The van der Waals surface area contributed by atoms with Crippen LogP contribution in [0.3, 0.4) is 0 Å². The molecule has 0 aliphatic carbocycles. The minimum atomic E-state index is -1.16. The highest BCUT2D eigenvalue weighted by Crippen LogP contribution is 2.22. The first-order valence-corrected chi connectivity index (χ1v) is 5.81. The number of aliphatic carboxylic acids is 1. The van der Waals surface area contributed by atoms with Crippen LogP contribution >= 0.6 is 11.3 Å². The number of anilines is 1. The summed E-state index contributed by atoms with van der Waals surface area (Å²) in [7, 11) is 0. The third kappa shape index (κ3) is 3.82. The van der Waals surface area contributed by atoms with Crippen molar-refractivity contribution in [3.63, 3.8) is 0 Å². The molecule has 8 heteroatoms. The van der Waals surface area contributed by atoms with Crippen LogP contribution in [0.1, 0.15) is 17.3 Å². The van der Waals surface area contributed by atoms with Crippen LogP contribution in [-0.2, 0) is 14.3 Å². The summed E-state index contributed by atoms with van der Waals surface area (Å²) in [4.78, 5) is 32.9. The molecular formula is C10H12N2O5S. The molecule has 0 radical (unpaired) electrons. The van der Waals surface area contributed by atoms with Crippen LogP contribution in [0.2, 0.25) is 0 Å². The standard InChI is InChI=1S/C10H12N2O5S/c1-5(10(15)16)17-4-7(13)12-9-6(8(11)14)2-3-18-9/h2-3,5H,4H2,1H3,(H2,11,14)(H,12,13)(H,15,16)/t5-/m0/s1. The molecule has 0 saturated heterocycles. The number of primary amides is 1. The second-order valence-electron chi connectivity index (χ2n) is 3.37. The molecule has 1 atom stereocenters. The SMILES string of the molecule is C[C@H](OCC(=O)Nc1sccc1C(N)=O)C(=O)O. The first-order chi connectivity index (χ1) is 8.41. The fraction of sp³-hybridized carbons (Fsp3) is 0.300. The molecule has 1 rings (SSSR count). The smallest absolute Gasteiger partial charge is 0.332 e. The number of nitrogens with two attached hydrogens (primary N) is 1. The molecule has 0 fully saturated rings. The summed E-state index contributed by atoms with van der Waals surface area (Å²) in [6.07, 6.45) is -1.07. The zero-order chi connectivity index (χ0) is 13.7. The third-order valence-corrected chi connectivity index (χ3v) is 2.83. The maximum absolute atomic E-state index is 11.4. The molecule has 0 aliphatic heterocycles. The van der Waals surface area contributed by atoms with E-state index in [4.69, 9.17) is 15.6 Å². The van der Waals surface area contributed by atoms with Crippen molar-refractivity contribution in [1.29, 1.82) is 0 Å². The van der Waals surface area contributed by atoms with E-state index in [0.29, 0.717) is 5.00 Å². The maximum atomic E-state index is 11.4. The molecule has 0 aliphatic rings. The van der Waals surface area contributed by atoms with Crippen molar-refractivity contribution in [3.05, 3.63) is 17.0 Å². The van der Waals surface area contributed by atoms with Gasteiger partial charge in [0.05, 0.1) is 5.56 Å². The summed E-state index contributed by atoms with van der Waals surface area (Å²) in [5.41, 5.74) is 5.31. The van der Waals surface area contributed by atoms with E-state index in [1.54, 1.807) is 5.38 Å². The number of hydrogen-bond donors (Lipinski definition) is 3. The van der Waals surface area contributed by atoms with Gasteiger partial charge in [-0.05, 0) is 18.4 Å². The van der Waals surface area contributed by atoms with E-state index in [2.05, 4.69) is 5.32 Å². The van der Waals surface area contributed by atoms with Gasteiger partial charge in [0.15, 0.2) is 6.10 Å². The Kier molecular flexibility index (Phi) is 4.81. The Morgan fingerprint density at radius 3 is 2.78 bits per heavy atom. The third-order valence-electron chi connectivity index (χ3n) is 2.00. The van der Waals surface area contributed by atoms with Crippen LogP contribution in [0.15, 0.2) is 11.4 Å². The van der Waals surface area contributed by atoms with E-state index in [1.807, 2.05) is 0 Å². The predicted octanol–water partition coefficient (Wildman–Crippen LogP) is 0.275. The molecule has 98 valence electrons. The average Bonchev–Trinajstić information content (AvgIpc) is 2.73. The lowest BCUT2D eigenvalue weighted by atomic mass is 10.3. The number of carboxylic acids is 1. The normalized spacial score (nSPS) is 11.8. The number of carbonyl (C=O) groups excluding carboxylic acids is 2. The van der Waals surface area contributed by atoms with Crippen molar-refractivity contribution in [3.8, 4) is 0 Å². The molecule has 0 aromatic carbocycles. The van der Waals surface area contributed by atoms with Crippen LogP contribution in [0.5, 0.6) is 0 Å². The van der Waals surface area contributed by atoms with Crippen LogP contribution in [0, 0.1) is 0 Å². The Morgan fingerprint density at radius 1 is 1.56 bits per heavy atom. The molecule has 0 bridgehead atoms. The Hall–Kier alpha value is -1.93. The van der Waals surface area contributed by atoms with E-state index >= 15 is 0 Å².